The maximum Gasteiger partial charge on any atom is 0.322 e. The summed E-state index contributed by atoms with van der Waals surface area (Å²) in [5, 5.41) is 9.24. The van der Waals surface area contributed by atoms with Crippen molar-refractivity contribution in [3.63, 3.8) is 0 Å². The van der Waals surface area contributed by atoms with Crippen LogP contribution >= 0.6 is 0 Å². The summed E-state index contributed by atoms with van der Waals surface area (Å²) in [6.07, 6.45) is 0.618. The Balaban J connectivity index is 2.04. The number of hydrogen-bond donors (Lipinski definition) is 2. The first-order chi connectivity index (χ1) is 12.9. The van der Waals surface area contributed by atoms with E-state index in [0.29, 0.717) is 31.2 Å². The molecular weight excluding hydrogens is 348 g/mol. The van der Waals surface area contributed by atoms with Gasteiger partial charge in [0, 0.05) is 32.0 Å². The van der Waals surface area contributed by atoms with Crippen LogP contribution in [-0.2, 0) is 9.53 Å². The summed E-state index contributed by atoms with van der Waals surface area (Å²) in [6.45, 7) is 6.44. The molecule has 0 aliphatic heterocycles. The van der Waals surface area contributed by atoms with Crippen LogP contribution in [-0.4, -0.2) is 48.8 Å². The molecule has 27 heavy (non-hydrogen) atoms. The zero-order valence-corrected chi connectivity index (χ0v) is 16.2. The molecule has 2 N–H and O–H groups in total. The van der Waals surface area contributed by atoms with Crippen molar-refractivity contribution in [2.45, 2.75) is 27.2 Å². The number of rotatable bonds is 8. The summed E-state index contributed by atoms with van der Waals surface area (Å²) in [6, 6.07) is 6.97. The molecule has 1 heterocycles. The lowest BCUT2D eigenvalue weighted by molar-refractivity contribution is -0.116. The molecule has 0 unspecified atom stereocenters. The number of nitrogens with zero attached hydrogens (tertiary/aromatic N) is 2. The number of carbonyl (C=O) groups is 2. The molecule has 2 rings (SSSR count). The first-order valence-electron chi connectivity index (χ1n) is 8.75. The highest BCUT2D eigenvalue weighted by Crippen LogP contribution is 2.18. The standard InChI is InChI=1S/C19H26N4O4/c1-13-7-5-8-16(15(13)3)20-19(25)23(9-6-10-26-4)12-18(24)21-17-11-14(2)27-22-17/h5,7-8,11H,6,9-10,12H2,1-4H3,(H,20,25)(H,21,22,24). The molecule has 3 amide bonds. The van der Waals surface area contributed by atoms with E-state index in [-0.39, 0.29) is 18.5 Å². The van der Waals surface area contributed by atoms with Gasteiger partial charge in [0.2, 0.25) is 5.91 Å². The van der Waals surface area contributed by atoms with E-state index in [9.17, 15) is 9.59 Å². The number of anilines is 2. The topological polar surface area (TPSA) is 96.7 Å². The van der Waals surface area contributed by atoms with Crippen molar-refractivity contribution in [3.05, 3.63) is 41.2 Å². The Hall–Kier alpha value is -2.87. The van der Waals surface area contributed by atoms with Gasteiger partial charge in [-0.25, -0.2) is 4.79 Å². The van der Waals surface area contributed by atoms with Crippen molar-refractivity contribution >= 4 is 23.4 Å². The van der Waals surface area contributed by atoms with Crippen LogP contribution in [0.5, 0.6) is 0 Å². The molecule has 0 aliphatic rings. The van der Waals surface area contributed by atoms with Crippen LogP contribution < -0.4 is 10.6 Å². The number of urea groups is 1. The van der Waals surface area contributed by atoms with Gasteiger partial charge >= 0.3 is 6.03 Å². The molecule has 1 aromatic carbocycles. The smallest absolute Gasteiger partial charge is 0.322 e. The fourth-order valence-electron chi connectivity index (χ4n) is 2.51. The molecule has 0 fully saturated rings. The maximum absolute atomic E-state index is 12.7. The fraction of sp³-hybridized carbons (Fsp3) is 0.421. The van der Waals surface area contributed by atoms with Crippen LogP contribution in [0.3, 0.4) is 0 Å². The van der Waals surface area contributed by atoms with Crippen LogP contribution in [0.15, 0.2) is 28.8 Å². The number of aromatic nitrogens is 1. The van der Waals surface area contributed by atoms with Crippen LogP contribution in [0.4, 0.5) is 16.3 Å². The third-order valence-electron chi connectivity index (χ3n) is 4.14. The van der Waals surface area contributed by atoms with Gasteiger partial charge in [0.25, 0.3) is 0 Å². The van der Waals surface area contributed by atoms with Crippen molar-refractivity contribution < 1.29 is 18.8 Å². The molecule has 2 aromatic rings. The van der Waals surface area contributed by atoms with Crippen molar-refractivity contribution in [2.75, 3.05) is 37.4 Å². The van der Waals surface area contributed by atoms with E-state index in [0.717, 1.165) is 16.8 Å². The normalized spacial score (nSPS) is 10.5. The summed E-state index contributed by atoms with van der Waals surface area (Å²) < 4.78 is 9.97. The van der Waals surface area contributed by atoms with Crippen LogP contribution in [0.25, 0.3) is 0 Å². The summed E-state index contributed by atoms with van der Waals surface area (Å²) in [5.41, 5.74) is 2.80. The van der Waals surface area contributed by atoms with E-state index < -0.39 is 0 Å². The lowest BCUT2D eigenvalue weighted by atomic mass is 10.1. The number of nitrogens with one attached hydrogen (secondary N) is 2. The monoisotopic (exact) mass is 374 g/mol. The number of carbonyl (C=O) groups excluding carboxylic acids is 2. The largest absolute Gasteiger partial charge is 0.385 e. The Morgan fingerprint density at radius 2 is 2.00 bits per heavy atom. The zero-order chi connectivity index (χ0) is 19.8. The first kappa shape index (κ1) is 20.4. The number of amides is 3. The Morgan fingerprint density at radius 1 is 1.22 bits per heavy atom. The summed E-state index contributed by atoms with van der Waals surface area (Å²) >= 11 is 0. The van der Waals surface area contributed by atoms with Crippen molar-refractivity contribution in [1.82, 2.24) is 10.1 Å². The molecule has 1 aromatic heterocycles. The third kappa shape index (κ3) is 6.10. The summed E-state index contributed by atoms with van der Waals surface area (Å²) in [7, 11) is 1.60. The van der Waals surface area contributed by atoms with Crippen LogP contribution in [0, 0.1) is 20.8 Å². The zero-order valence-electron chi connectivity index (χ0n) is 16.2. The van der Waals surface area contributed by atoms with Gasteiger partial charge in [-0.15, -0.1) is 0 Å². The van der Waals surface area contributed by atoms with Crippen molar-refractivity contribution in [1.29, 1.82) is 0 Å². The molecule has 0 aliphatic carbocycles. The second-order valence-corrected chi connectivity index (χ2v) is 6.32. The predicted molar refractivity (Wildman–Crippen MR) is 103 cm³/mol. The molecule has 8 heteroatoms. The minimum atomic E-state index is -0.350. The van der Waals surface area contributed by atoms with Gasteiger partial charge in [-0.1, -0.05) is 17.3 Å². The minimum absolute atomic E-state index is 0.105. The molecular formula is C19H26N4O4. The second kappa shape index (κ2) is 9.72. The number of methoxy groups -OCH3 is 1. The molecule has 0 saturated carbocycles. The van der Waals surface area contributed by atoms with Gasteiger partial charge in [-0.05, 0) is 44.4 Å². The summed E-state index contributed by atoms with van der Waals surface area (Å²) in [4.78, 5) is 26.5. The van der Waals surface area contributed by atoms with Crippen LogP contribution in [0.2, 0.25) is 0 Å². The van der Waals surface area contributed by atoms with Crippen LogP contribution in [0.1, 0.15) is 23.3 Å². The molecule has 0 radical (unpaired) electrons. The Bertz CT molecular complexity index is 788. The van der Waals surface area contributed by atoms with Crippen molar-refractivity contribution in [2.24, 2.45) is 0 Å². The van der Waals surface area contributed by atoms with E-state index >= 15 is 0 Å². The highest BCUT2D eigenvalue weighted by Gasteiger charge is 2.19. The molecule has 146 valence electrons. The van der Waals surface area contributed by atoms with E-state index in [4.69, 9.17) is 9.26 Å². The molecule has 0 atom stereocenters. The number of ether oxygens (including phenoxy) is 1. The first-order valence-corrected chi connectivity index (χ1v) is 8.75. The van der Waals surface area contributed by atoms with Crippen molar-refractivity contribution in [3.8, 4) is 0 Å². The quantitative estimate of drug-likeness (QED) is 0.692. The van der Waals surface area contributed by atoms with Gasteiger partial charge < -0.3 is 24.8 Å². The third-order valence-corrected chi connectivity index (χ3v) is 4.14. The van der Waals surface area contributed by atoms with E-state index in [1.807, 2.05) is 32.0 Å². The van der Waals surface area contributed by atoms with Gasteiger partial charge in [-0.2, -0.15) is 0 Å². The highest BCUT2D eigenvalue weighted by atomic mass is 16.5. The van der Waals surface area contributed by atoms with Gasteiger partial charge in [-0.3, -0.25) is 4.79 Å². The minimum Gasteiger partial charge on any atom is -0.385 e. The van der Waals surface area contributed by atoms with Gasteiger partial charge in [0.15, 0.2) is 5.82 Å². The molecule has 0 bridgehead atoms. The van der Waals surface area contributed by atoms with E-state index in [2.05, 4.69) is 15.8 Å². The Morgan fingerprint density at radius 3 is 2.67 bits per heavy atom. The SMILES string of the molecule is COCCCN(CC(=O)Nc1cc(C)on1)C(=O)Nc1cccc(C)c1C. The average Bonchev–Trinajstić information content (AvgIpc) is 3.02. The predicted octanol–water partition coefficient (Wildman–Crippen LogP) is 3.11. The number of hydrogen-bond acceptors (Lipinski definition) is 5. The van der Waals surface area contributed by atoms with Gasteiger partial charge in [0.05, 0.1) is 0 Å². The fourth-order valence-corrected chi connectivity index (χ4v) is 2.51. The molecule has 8 nitrogen and oxygen atoms in total. The van der Waals surface area contributed by atoms with E-state index in [1.54, 1.807) is 20.1 Å². The highest BCUT2D eigenvalue weighted by molar-refractivity contribution is 5.96. The number of benzene rings is 1. The van der Waals surface area contributed by atoms with Gasteiger partial charge in [0.1, 0.15) is 12.3 Å². The maximum atomic E-state index is 12.7. The lowest BCUT2D eigenvalue weighted by Gasteiger charge is -2.23. The molecule has 0 spiro atoms. The second-order valence-electron chi connectivity index (χ2n) is 6.32. The number of aryl methyl sites for hydroxylation is 2. The molecule has 0 saturated heterocycles. The Kier molecular flexibility index (Phi) is 7.36. The average molecular weight is 374 g/mol. The summed E-state index contributed by atoms with van der Waals surface area (Å²) in [5.74, 6) is 0.566. The lowest BCUT2D eigenvalue weighted by Crippen LogP contribution is -2.41. The Labute approximate surface area is 158 Å². The van der Waals surface area contributed by atoms with E-state index in [1.165, 1.54) is 4.90 Å².